The van der Waals surface area contributed by atoms with E-state index in [2.05, 4.69) is 10.0 Å². The van der Waals surface area contributed by atoms with Crippen LogP contribution in [0.15, 0.2) is 77.7 Å². The summed E-state index contributed by atoms with van der Waals surface area (Å²) in [7, 11) is -4.01. The first-order chi connectivity index (χ1) is 20.3. The molecule has 0 aliphatic rings. The number of carbonyl (C=O) groups is 1. The minimum absolute atomic E-state index is 0.0534. The number of nitrogens with one attached hydrogen (secondary N) is 2. The van der Waals surface area contributed by atoms with E-state index in [9.17, 15) is 28.5 Å². The predicted molar refractivity (Wildman–Crippen MR) is 170 cm³/mol. The highest BCUT2D eigenvalue weighted by atomic mass is 32.2. The standard InChI is InChI=1S/C34H38N2O6S/c1-6-22-15-16-25(43(41,42)36-29-14-10-9-13-27(29)21(4)5)19-30(22)35-34(40)28-18-24(31(37)33(39)32(28)38)17-23-11-7-8-12-26(23)20(2)3/h7-16,18-21,36-39H,6,17H2,1-5H3,(H,35,40). The number of carbonyl (C=O) groups excluding carboxylic acids is 1. The topological polar surface area (TPSA) is 136 Å². The molecular formula is C34H38N2O6S. The number of sulfonamides is 1. The van der Waals surface area contributed by atoms with Crippen molar-refractivity contribution in [3.8, 4) is 17.2 Å². The van der Waals surface area contributed by atoms with Crippen molar-refractivity contribution in [1.29, 1.82) is 0 Å². The number of hydrogen-bond acceptors (Lipinski definition) is 6. The lowest BCUT2D eigenvalue weighted by atomic mass is 9.92. The second-order valence-electron chi connectivity index (χ2n) is 11.1. The third-order valence-corrected chi connectivity index (χ3v) is 8.84. The number of phenols is 3. The molecule has 0 fully saturated rings. The summed E-state index contributed by atoms with van der Waals surface area (Å²) in [5.41, 5.74) is 4.19. The van der Waals surface area contributed by atoms with Crippen LogP contribution in [0, 0.1) is 0 Å². The van der Waals surface area contributed by atoms with Crippen LogP contribution in [0.2, 0.25) is 0 Å². The SMILES string of the molecule is CCc1ccc(S(=O)(=O)Nc2ccccc2C(C)C)cc1NC(=O)c1cc(Cc2ccccc2C(C)C)c(O)c(O)c1O. The van der Waals surface area contributed by atoms with Crippen molar-refractivity contribution in [2.75, 3.05) is 10.0 Å². The van der Waals surface area contributed by atoms with Gasteiger partial charge in [0.25, 0.3) is 15.9 Å². The fourth-order valence-electron chi connectivity index (χ4n) is 5.11. The molecule has 4 aromatic carbocycles. The average molecular weight is 603 g/mol. The lowest BCUT2D eigenvalue weighted by Gasteiger charge is -2.17. The highest BCUT2D eigenvalue weighted by Crippen LogP contribution is 2.42. The second kappa shape index (κ2) is 12.8. The molecule has 1 amide bonds. The molecule has 226 valence electrons. The van der Waals surface area contributed by atoms with Crippen LogP contribution in [0.4, 0.5) is 11.4 Å². The number of para-hydroxylation sites is 1. The van der Waals surface area contributed by atoms with Crippen molar-refractivity contribution in [3.05, 3.63) is 106 Å². The van der Waals surface area contributed by atoms with Crippen LogP contribution in [0.25, 0.3) is 0 Å². The smallest absolute Gasteiger partial charge is 0.261 e. The molecule has 0 heterocycles. The molecule has 8 nitrogen and oxygen atoms in total. The molecular weight excluding hydrogens is 564 g/mol. The Morgan fingerprint density at radius 2 is 1.35 bits per heavy atom. The summed E-state index contributed by atoms with van der Waals surface area (Å²) in [5, 5.41) is 34.5. The first-order valence-electron chi connectivity index (χ1n) is 14.2. The molecule has 5 N–H and O–H groups in total. The maximum atomic E-state index is 13.5. The van der Waals surface area contributed by atoms with Gasteiger partial charge in [0.05, 0.1) is 16.1 Å². The Morgan fingerprint density at radius 3 is 2.00 bits per heavy atom. The summed E-state index contributed by atoms with van der Waals surface area (Å²) >= 11 is 0. The molecule has 0 saturated heterocycles. The third kappa shape index (κ3) is 6.78. The molecule has 0 atom stereocenters. The average Bonchev–Trinajstić information content (AvgIpc) is 2.97. The summed E-state index contributed by atoms with van der Waals surface area (Å²) in [4.78, 5) is 13.4. The van der Waals surface area contributed by atoms with Gasteiger partial charge in [-0.2, -0.15) is 0 Å². The number of phenolic OH excluding ortho intramolecular Hbond substituents is 3. The van der Waals surface area contributed by atoms with E-state index in [1.165, 1.54) is 18.2 Å². The molecule has 0 aliphatic heterocycles. The van der Waals surface area contributed by atoms with E-state index in [0.717, 1.165) is 16.7 Å². The number of rotatable bonds is 10. The van der Waals surface area contributed by atoms with Gasteiger partial charge in [-0.1, -0.05) is 83.1 Å². The highest BCUT2D eigenvalue weighted by Gasteiger charge is 2.24. The molecule has 4 aromatic rings. The van der Waals surface area contributed by atoms with Crippen molar-refractivity contribution in [2.24, 2.45) is 0 Å². The van der Waals surface area contributed by atoms with Crippen LogP contribution >= 0.6 is 0 Å². The normalized spacial score (nSPS) is 11.6. The van der Waals surface area contributed by atoms with Crippen LogP contribution in [-0.2, 0) is 22.9 Å². The van der Waals surface area contributed by atoms with Gasteiger partial charge in [-0.25, -0.2) is 8.42 Å². The first kappa shape index (κ1) is 31.4. The number of aryl methyl sites for hydroxylation is 1. The second-order valence-corrected chi connectivity index (χ2v) is 12.8. The van der Waals surface area contributed by atoms with Gasteiger partial charge in [0.15, 0.2) is 11.5 Å². The lowest BCUT2D eigenvalue weighted by Crippen LogP contribution is -2.17. The zero-order valence-electron chi connectivity index (χ0n) is 25.0. The maximum Gasteiger partial charge on any atom is 0.261 e. The lowest BCUT2D eigenvalue weighted by molar-refractivity contribution is 0.102. The Balaban J connectivity index is 1.68. The quantitative estimate of drug-likeness (QED) is 0.121. The van der Waals surface area contributed by atoms with Gasteiger partial charge in [0.2, 0.25) is 5.75 Å². The zero-order chi connectivity index (χ0) is 31.5. The summed E-state index contributed by atoms with van der Waals surface area (Å²) in [6.07, 6.45) is 0.704. The van der Waals surface area contributed by atoms with Gasteiger partial charge in [0, 0.05) is 17.7 Å². The first-order valence-corrected chi connectivity index (χ1v) is 15.7. The van der Waals surface area contributed by atoms with Crippen LogP contribution < -0.4 is 10.0 Å². The number of anilines is 2. The van der Waals surface area contributed by atoms with Gasteiger partial charge in [-0.3, -0.25) is 9.52 Å². The summed E-state index contributed by atoms with van der Waals surface area (Å²) in [6, 6.07) is 20.7. The maximum absolute atomic E-state index is 13.5. The fraction of sp³-hybridized carbons (Fsp3) is 0.265. The number of hydrogen-bond donors (Lipinski definition) is 5. The Labute approximate surface area is 253 Å². The van der Waals surface area contributed by atoms with Crippen molar-refractivity contribution in [1.82, 2.24) is 0 Å². The van der Waals surface area contributed by atoms with E-state index in [0.29, 0.717) is 17.7 Å². The monoisotopic (exact) mass is 602 g/mol. The van der Waals surface area contributed by atoms with Gasteiger partial charge >= 0.3 is 0 Å². The predicted octanol–water partition coefficient (Wildman–Crippen LogP) is 7.26. The Kier molecular flexibility index (Phi) is 9.35. The third-order valence-electron chi connectivity index (χ3n) is 7.48. The van der Waals surface area contributed by atoms with Crippen LogP contribution in [0.3, 0.4) is 0 Å². The summed E-state index contributed by atoms with van der Waals surface area (Å²) in [5.74, 6) is -2.56. The largest absolute Gasteiger partial charge is 0.504 e. The fourth-order valence-corrected chi connectivity index (χ4v) is 6.22. The van der Waals surface area contributed by atoms with Gasteiger partial charge < -0.3 is 20.6 Å². The van der Waals surface area contributed by atoms with Crippen molar-refractivity contribution in [2.45, 2.75) is 64.2 Å². The zero-order valence-corrected chi connectivity index (χ0v) is 25.8. The molecule has 9 heteroatoms. The van der Waals surface area contributed by atoms with E-state index < -0.39 is 33.2 Å². The van der Waals surface area contributed by atoms with Crippen LogP contribution in [-0.4, -0.2) is 29.6 Å². The van der Waals surface area contributed by atoms with Crippen LogP contribution in [0.5, 0.6) is 17.2 Å². The number of aromatic hydroxyl groups is 3. The minimum atomic E-state index is -4.01. The Hall–Kier alpha value is -4.50. The minimum Gasteiger partial charge on any atom is -0.504 e. The highest BCUT2D eigenvalue weighted by molar-refractivity contribution is 7.92. The van der Waals surface area contributed by atoms with E-state index in [1.54, 1.807) is 18.2 Å². The number of amides is 1. The Morgan fingerprint density at radius 1 is 0.721 bits per heavy atom. The molecule has 0 saturated carbocycles. The van der Waals surface area contributed by atoms with E-state index in [4.69, 9.17) is 0 Å². The van der Waals surface area contributed by atoms with E-state index in [1.807, 2.05) is 71.0 Å². The number of benzene rings is 4. The van der Waals surface area contributed by atoms with Gasteiger partial charge in [-0.05, 0) is 64.8 Å². The summed E-state index contributed by atoms with van der Waals surface area (Å²) in [6.45, 7) is 9.91. The van der Waals surface area contributed by atoms with E-state index in [-0.39, 0.29) is 40.0 Å². The molecule has 4 rings (SSSR count). The van der Waals surface area contributed by atoms with Crippen LogP contribution in [0.1, 0.15) is 84.6 Å². The molecule has 0 radical (unpaired) electrons. The van der Waals surface area contributed by atoms with Crippen molar-refractivity contribution < 1.29 is 28.5 Å². The summed E-state index contributed by atoms with van der Waals surface area (Å²) < 4.78 is 29.4. The molecule has 0 bridgehead atoms. The van der Waals surface area contributed by atoms with Crippen molar-refractivity contribution in [3.63, 3.8) is 0 Å². The van der Waals surface area contributed by atoms with Gasteiger partial charge in [-0.15, -0.1) is 0 Å². The van der Waals surface area contributed by atoms with Crippen molar-refractivity contribution >= 4 is 27.3 Å². The van der Waals surface area contributed by atoms with E-state index >= 15 is 0 Å². The molecule has 0 spiro atoms. The van der Waals surface area contributed by atoms with Gasteiger partial charge in [0.1, 0.15) is 0 Å². The Bertz CT molecular complexity index is 1760. The molecule has 0 aromatic heterocycles. The molecule has 0 unspecified atom stereocenters. The molecule has 43 heavy (non-hydrogen) atoms. The molecule has 0 aliphatic carbocycles.